The van der Waals surface area contributed by atoms with Crippen molar-refractivity contribution < 1.29 is 14.3 Å². The first-order valence-electron chi connectivity index (χ1n) is 10.5. The van der Waals surface area contributed by atoms with Gasteiger partial charge in [0.25, 0.3) is 0 Å². The molecule has 2 aromatic rings. The Hall–Kier alpha value is -2.38. The average molecular weight is 399 g/mol. The number of benzene rings is 1. The first-order valence-corrected chi connectivity index (χ1v) is 10.5. The molecule has 156 valence electrons. The molecule has 2 saturated heterocycles. The Morgan fingerprint density at radius 1 is 1.24 bits per heavy atom. The van der Waals surface area contributed by atoms with Crippen LogP contribution in [0, 0.1) is 0 Å². The fourth-order valence-corrected chi connectivity index (χ4v) is 4.42. The van der Waals surface area contributed by atoms with Crippen LogP contribution in [0.2, 0.25) is 0 Å². The first-order chi connectivity index (χ1) is 14.1. The summed E-state index contributed by atoms with van der Waals surface area (Å²) in [5, 5.41) is 4.24. The summed E-state index contributed by atoms with van der Waals surface area (Å²) in [6, 6.07) is 8.16. The summed E-state index contributed by atoms with van der Waals surface area (Å²) in [5.41, 5.74) is 1.50. The molecule has 0 bridgehead atoms. The van der Waals surface area contributed by atoms with E-state index < -0.39 is 5.54 Å². The van der Waals surface area contributed by atoms with E-state index in [1.165, 1.54) is 10.9 Å². The molecule has 2 aliphatic heterocycles. The largest absolute Gasteiger partial charge is 0.379 e. The third-order valence-corrected chi connectivity index (χ3v) is 6.31. The van der Waals surface area contributed by atoms with Crippen LogP contribution >= 0.6 is 0 Å². The van der Waals surface area contributed by atoms with Crippen molar-refractivity contribution in [2.45, 2.75) is 31.7 Å². The van der Waals surface area contributed by atoms with Crippen molar-refractivity contribution in [3.05, 3.63) is 36.0 Å². The molecule has 0 unspecified atom stereocenters. The molecule has 2 aliphatic rings. The number of hydrogen-bond acceptors (Lipinski definition) is 4. The van der Waals surface area contributed by atoms with Crippen molar-refractivity contribution in [3.8, 4) is 0 Å². The van der Waals surface area contributed by atoms with E-state index >= 15 is 0 Å². The smallest absolute Gasteiger partial charge is 0.245 e. The fourth-order valence-electron chi connectivity index (χ4n) is 4.42. The van der Waals surface area contributed by atoms with Crippen LogP contribution in [0.3, 0.4) is 0 Å². The van der Waals surface area contributed by atoms with Crippen molar-refractivity contribution in [3.63, 3.8) is 0 Å². The number of nitrogens with zero attached hydrogens (tertiary/aromatic N) is 2. The molecule has 2 amide bonds. The number of fused-ring (bicyclic) bond motifs is 1. The molecule has 1 atom stereocenters. The molecule has 4 rings (SSSR count). The Kier molecular flexibility index (Phi) is 5.87. The zero-order valence-corrected chi connectivity index (χ0v) is 17.1. The molecular formula is C22H30N4O3. The maximum absolute atomic E-state index is 13.0. The monoisotopic (exact) mass is 398 g/mol. The number of ether oxygens (including phenoxy) is 1. The summed E-state index contributed by atoms with van der Waals surface area (Å²) in [6.45, 7) is 7.17. The van der Waals surface area contributed by atoms with Crippen LogP contribution in [0.4, 0.5) is 0 Å². The average Bonchev–Trinajstić information content (AvgIpc) is 3.29. The summed E-state index contributed by atoms with van der Waals surface area (Å²) < 4.78 is 5.36. The lowest BCUT2D eigenvalue weighted by Crippen LogP contribution is -2.56. The third kappa shape index (κ3) is 4.16. The first kappa shape index (κ1) is 19.9. The zero-order valence-electron chi connectivity index (χ0n) is 17.1. The highest BCUT2D eigenvalue weighted by Gasteiger charge is 2.46. The molecule has 2 N–H and O–H groups in total. The minimum Gasteiger partial charge on any atom is -0.379 e. The van der Waals surface area contributed by atoms with E-state index in [-0.39, 0.29) is 11.8 Å². The van der Waals surface area contributed by atoms with Crippen molar-refractivity contribution in [2.24, 2.45) is 0 Å². The zero-order chi connectivity index (χ0) is 20.3. The summed E-state index contributed by atoms with van der Waals surface area (Å²) >= 11 is 0. The van der Waals surface area contributed by atoms with E-state index in [2.05, 4.69) is 21.3 Å². The number of aromatic nitrogens is 1. The van der Waals surface area contributed by atoms with Crippen molar-refractivity contribution in [2.75, 3.05) is 45.9 Å². The maximum Gasteiger partial charge on any atom is 0.245 e. The van der Waals surface area contributed by atoms with Gasteiger partial charge in [0.05, 0.1) is 13.2 Å². The Labute approximate surface area is 171 Å². The molecule has 0 saturated carbocycles. The number of hydrogen-bond donors (Lipinski definition) is 2. The van der Waals surface area contributed by atoms with Crippen LogP contribution in [-0.2, 0) is 20.7 Å². The van der Waals surface area contributed by atoms with Gasteiger partial charge in [-0.05, 0) is 31.4 Å². The van der Waals surface area contributed by atoms with Crippen LogP contribution in [0.15, 0.2) is 30.5 Å². The van der Waals surface area contributed by atoms with Gasteiger partial charge in [0.2, 0.25) is 11.8 Å². The number of aromatic amines is 1. The maximum atomic E-state index is 13.0. The number of likely N-dealkylation sites (tertiary alicyclic amines) is 1. The van der Waals surface area contributed by atoms with Gasteiger partial charge in [-0.3, -0.25) is 14.5 Å². The molecule has 0 spiro atoms. The lowest BCUT2D eigenvalue weighted by Gasteiger charge is -2.34. The topological polar surface area (TPSA) is 77.7 Å². The lowest BCUT2D eigenvalue weighted by atomic mass is 9.97. The third-order valence-electron chi connectivity index (χ3n) is 6.31. The van der Waals surface area contributed by atoms with Crippen LogP contribution in [-0.4, -0.2) is 78.1 Å². The van der Waals surface area contributed by atoms with Crippen LogP contribution in [0.5, 0.6) is 0 Å². The van der Waals surface area contributed by atoms with Gasteiger partial charge < -0.3 is 19.9 Å². The predicted octanol–water partition coefficient (Wildman–Crippen LogP) is 1.54. The van der Waals surface area contributed by atoms with Gasteiger partial charge in [0.1, 0.15) is 5.54 Å². The van der Waals surface area contributed by atoms with E-state index in [1.54, 1.807) is 4.90 Å². The quantitative estimate of drug-likeness (QED) is 0.742. The van der Waals surface area contributed by atoms with E-state index in [9.17, 15) is 9.59 Å². The minimum absolute atomic E-state index is 0.0458. The Morgan fingerprint density at radius 3 is 2.86 bits per heavy atom. The Balaban J connectivity index is 1.36. The second-order valence-corrected chi connectivity index (χ2v) is 8.14. The standard InChI is InChI=1S/C22H30N4O3/c1-22(21(28)23-9-11-25-12-14-29-15-13-25)8-6-20(27)26(22)10-7-17-16-24-19-5-3-2-4-18(17)19/h2-5,16,24H,6-15H2,1H3,(H,23,28)/t22-/m1/s1. The lowest BCUT2D eigenvalue weighted by molar-refractivity contribution is -0.140. The van der Waals surface area contributed by atoms with E-state index in [0.717, 1.165) is 44.8 Å². The van der Waals surface area contributed by atoms with Crippen molar-refractivity contribution in [1.29, 1.82) is 0 Å². The number of para-hydroxylation sites is 1. The molecule has 7 nitrogen and oxygen atoms in total. The van der Waals surface area contributed by atoms with Gasteiger partial charge in [-0.25, -0.2) is 0 Å². The van der Waals surface area contributed by atoms with Gasteiger partial charge in [0, 0.05) is 56.2 Å². The van der Waals surface area contributed by atoms with E-state index in [4.69, 9.17) is 4.74 Å². The number of rotatable bonds is 7. The molecular weight excluding hydrogens is 368 g/mol. The summed E-state index contributed by atoms with van der Waals surface area (Å²) in [6.07, 6.45) is 3.74. The van der Waals surface area contributed by atoms with E-state index in [0.29, 0.717) is 25.9 Å². The van der Waals surface area contributed by atoms with Crippen molar-refractivity contribution >= 4 is 22.7 Å². The summed E-state index contributed by atoms with van der Waals surface area (Å²) in [7, 11) is 0. The molecule has 29 heavy (non-hydrogen) atoms. The molecule has 0 radical (unpaired) electrons. The van der Waals surface area contributed by atoms with Crippen LogP contribution in [0.1, 0.15) is 25.3 Å². The van der Waals surface area contributed by atoms with Gasteiger partial charge in [-0.2, -0.15) is 0 Å². The number of morpholine rings is 1. The number of carbonyl (C=O) groups excluding carboxylic acids is 2. The number of carbonyl (C=O) groups is 2. The number of nitrogens with one attached hydrogen (secondary N) is 2. The van der Waals surface area contributed by atoms with Gasteiger partial charge in [-0.15, -0.1) is 0 Å². The number of H-pyrrole nitrogens is 1. The van der Waals surface area contributed by atoms with Crippen LogP contribution in [0.25, 0.3) is 10.9 Å². The highest BCUT2D eigenvalue weighted by molar-refractivity contribution is 5.94. The SMILES string of the molecule is C[C@]1(C(=O)NCCN2CCOCC2)CCC(=O)N1CCc1c[nH]c2ccccc12. The molecule has 2 fully saturated rings. The Morgan fingerprint density at radius 2 is 2.03 bits per heavy atom. The number of amides is 2. The highest BCUT2D eigenvalue weighted by atomic mass is 16.5. The summed E-state index contributed by atoms with van der Waals surface area (Å²) in [5.74, 6) is 0.0196. The predicted molar refractivity (Wildman–Crippen MR) is 112 cm³/mol. The van der Waals surface area contributed by atoms with E-state index in [1.807, 2.05) is 31.3 Å². The van der Waals surface area contributed by atoms with Crippen LogP contribution < -0.4 is 5.32 Å². The Bertz CT molecular complexity index is 874. The normalized spacial score (nSPS) is 23.1. The minimum atomic E-state index is -0.770. The molecule has 1 aromatic heterocycles. The molecule has 1 aromatic carbocycles. The molecule has 3 heterocycles. The highest BCUT2D eigenvalue weighted by Crippen LogP contribution is 2.31. The fraction of sp³-hybridized carbons (Fsp3) is 0.545. The summed E-state index contributed by atoms with van der Waals surface area (Å²) in [4.78, 5) is 32.9. The second-order valence-electron chi connectivity index (χ2n) is 8.14. The second kappa shape index (κ2) is 8.55. The molecule has 0 aliphatic carbocycles. The van der Waals surface area contributed by atoms with Gasteiger partial charge in [-0.1, -0.05) is 18.2 Å². The van der Waals surface area contributed by atoms with Gasteiger partial charge >= 0.3 is 0 Å². The van der Waals surface area contributed by atoms with Gasteiger partial charge in [0.15, 0.2) is 0 Å². The van der Waals surface area contributed by atoms with Crippen molar-refractivity contribution in [1.82, 2.24) is 20.1 Å². The molecule has 7 heteroatoms.